The number of aromatic amines is 1. The molecule has 1 aromatic heterocycles. The standard InChI is InChI=1S/C32H37N3O3.ClH/c1-18(2)35(17-20-9-7-6-8-10-20)31(36)27-19(3)22-16-23-24-15-21-11-12-25(37-5)29-26(21)32(23,13-14-34(24)4)30(38-29)28(22)33-27;/h6-12,18,23-24,30,33H,13-17H2,1-5H3;1H/t23-,24-,30-,32-;/m0./s1. The summed E-state index contributed by atoms with van der Waals surface area (Å²) in [5, 5.41) is 0. The molecule has 1 fully saturated rings. The summed E-state index contributed by atoms with van der Waals surface area (Å²) in [7, 11) is 4.00. The van der Waals surface area contributed by atoms with E-state index in [2.05, 4.69) is 62.0 Å². The number of nitrogens with one attached hydrogen (secondary N) is 1. The topological polar surface area (TPSA) is 57.8 Å². The summed E-state index contributed by atoms with van der Waals surface area (Å²) in [6, 6.07) is 15.1. The Bertz CT molecular complexity index is 1430. The van der Waals surface area contributed by atoms with Gasteiger partial charge in [0, 0.05) is 29.6 Å². The van der Waals surface area contributed by atoms with Crippen molar-refractivity contribution in [1.82, 2.24) is 14.8 Å². The number of fused-ring (bicyclic) bond motifs is 2. The molecule has 1 saturated heterocycles. The molecule has 206 valence electrons. The van der Waals surface area contributed by atoms with E-state index >= 15 is 0 Å². The molecule has 2 bridgehead atoms. The van der Waals surface area contributed by atoms with Gasteiger partial charge in [0.25, 0.3) is 5.91 Å². The first kappa shape index (κ1) is 26.3. The van der Waals surface area contributed by atoms with Crippen LogP contribution in [0.2, 0.25) is 0 Å². The molecule has 0 saturated carbocycles. The minimum absolute atomic E-state index is 0. The zero-order chi connectivity index (χ0) is 26.3. The Hall–Kier alpha value is -2.96. The third kappa shape index (κ3) is 3.53. The second kappa shape index (κ2) is 9.31. The average molecular weight is 548 g/mol. The van der Waals surface area contributed by atoms with Gasteiger partial charge < -0.3 is 24.3 Å². The molecule has 7 rings (SSSR count). The van der Waals surface area contributed by atoms with E-state index in [9.17, 15) is 4.79 Å². The summed E-state index contributed by atoms with van der Waals surface area (Å²) in [5.74, 6) is 2.25. The fourth-order valence-electron chi connectivity index (χ4n) is 8.06. The maximum Gasteiger partial charge on any atom is 0.271 e. The summed E-state index contributed by atoms with van der Waals surface area (Å²) in [5.41, 5.74) is 7.99. The van der Waals surface area contributed by atoms with Crippen LogP contribution in [0.25, 0.3) is 0 Å². The van der Waals surface area contributed by atoms with Gasteiger partial charge in [-0.25, -0.2) is 0 Å². The summed E-state index contributed by atoms with van der Waals surface area (Å²) in [6.45, 7) is 7.95. The Morgan fingerprint density at radius 1 is 1.21 bits per heavy atom. The van der Waals surface area contributed by atoms with Gasteiger partial charge in [0.1, 0.15) is 11.8 Å². The van der Waals surface area contributed by atoms with Crippen molar-refractivity contribution in [3.63, 3.8) is 0 Å². The van der Waals surface area contributed by atoms with Crippen LogP contribution in [0, 0.1) is 12.8 Å². The monoisotopic (exact) mass is 547 g/mol. The number of likely N-dealkylation sites (tertiary alicyclic amines) is 1. The van der Waals surface area contributed by atoms with Crippen molar-refractivity contribution in [2.24, 2.45) is 5.92 Å². The van der Waals surface area contributed by atoms with Crippen LogP contribution in [0.4, 0.5) is 0 Å². The molecule has 0 unspecified atom stereocenters. The van der Waals surface area contributed by atoms with Crippen LogP contribution < -0.4 is 9.47 Å². The Labute approximate surface area is 237 Å². The van der Waals surface area contributed by atoms with Crippen molar-refractivity contribution in [3.8, 4) is 11.5 Å². The third-order valence-corrected chi connectivity index (χ3v) is 9.99. The normalized spacial score (nSPS) is 25.8. The van der Waals surface area contributed by atoms with Crippen molar-refractivity contribution in [3.05, 3.63) is 81.7 Å². The van der Waals surface area contributed by atoms with Crippen molar-refractivity contribution >= 4 is 18.3 Å². The number of hydrogen-bond donors (Lipinski definition) is 1. The lowest BCUT2D eigenvalue weighted by atomic mass is 9.51. The molecule has 1 spiro atoms. The molecule has 4 atom stereocenters. The van der Waals surface area contributed by atoms with E-state index in [1.807, 2.05) is 23.1 Å². The molecule has 3 heterocycles. The Balaban J connectivity index is 0.00000277. The smallest absolute Gasteiger partial charge is 0.271 e. The lowest BCUT2D eigenvalue weighted by Crippen LogP contribution is -2.62. The van der Waals surface area contributed by atoms with E-state index in [1.54, 1.807) is 7.11 Å². The number of ether oxygens (including phenoxy) is 2. The Morgan fingerprint density at radius 3 is 2.69 bits per heavy atom. The van der Waals surface area contributed by atoms with Crippen molar-refractivity contribution < 1.29 is 14.3 Å². The highest BCUT2D eigenvalue weighted by Crippen LogP contribution is 2.67. The number of nitrogens with zero attached hydrogens (tertiary/aromatic N) is 2. The molecule has 6 nitrogen and oxygen atoms in total. The number of aromatic nitrogens is 1. The number of halogens is 1. The van der Waals surface area contributed by atoms with Crippen LogP contribution in [-0.2, 0) is 24.8 Å². The molecule has 7 heteroatoms. The maximum atomic E-state index is 14.1. The van der Waals surface area contributed by atoms with E-state index < -0.39 is 0 Å². The highest BCUT2D eigenvalue weighted by Gasteiger charge is 2.65. The maximum absolute atomic E-state index is 14.1. The number of hydrogen-bond acceptors (Lipinski definition) is 4. The second-order valence-corrected chi connectivity index (χ2v) is 12.0. The summed E-state index contributed by atoms with van der Waals surface area (Å²) in [4.78, 5) is 22.3. The van der Waals surface area contributed by atoms with Crippen LogP contribution in [0.5, 0.6) is 11.5 Å². The molecular formula is C32H38ClN3O3. The summed E-state index contributed by atoms with van der Waals surface area (Å²) < 4.78 is 12.7. The predicted molar refractivity (Wildman–Crippen MR) is 154 cm³/mol. The van der Waals surface area contributed by atoms with Gasteiger partial charge >= 0.3 is 0 Å². The van der Waals surface area contributed by atoms with Gasteiger partial charge in [-0.05, 0) is 87.9 Å². The number of carbonyl (C=O) groups is 1. The van der Waals surface area contributed by atoms with Crippen LogP contribution >= 0.6 is 12.4 Å². The molecule has 2 aliphatic carbocycles. The largest absolute Gasteiger partial charge is 0.493 e. The summed E-state index contributed by atoms with van der Waals surface area (Å²) >= 11 is 0. The van der Waals surface area contributed by atoms with Gasteiger partial charge in [0.15, 0.2) is 11.5 Å². The highest BCUT2D eigenvalue weighted by atomic mass is 35.5. The second-order valence-electron chi connectivity index (χ2n) is 12.0. The van der Waals surface area contributed by atoms with Gasteiger partial charge in [-0.1, -0.05) is 36.4 Å². The minimum Gasteiger partial charge on any atom is -0.493 e. The third-order valence-electron chi connectivity index (χ3n) is 9.99. The molecule has 2 aliphatic heterocycles. The van der Waals surface area contributed by atoms with E-state index in [1.165, 1.54) is 16.7 Å². The first-order valence-corrected chi connectivity index (χ1v) is 14.0. The predicted octanol–water partition coefficient (Wildman–Crippen LogP) is 5.61. The van der Waals surface area contributed by atoms with Gasteiger partial charge in [-0.15, -0.1) is 12.4 Å². The van der Waals surface area contributed by atoms with Gasteiger partial charge in [0.2, 0.25) is 0 Å². The highest BCUT2D eigenvalue weighted by molar-refractivity contribution is 5.95. The number of benzene rings is 2. The van der Waals surface area contributed by atoms with Crippen molar-refractivity contribution in [1.29, 1.82) is 0 Å². The van der Waals surface area contributed by atoms with Crippen molar-refractivity contribution in [2.75, 3.05) is 20.7 Å². The van der Waals surface area contributed by atoms with Gasteiger partial charge in [-0.3, -0.25) is 4.79 Å². The van der Waals surface area contributed by atoms with E-state index in [-0.39, 0.29) is 35.9 Å². The fraction of sp³-hybridized carbons (Fsp3) is 0.469. The molecule has 1 N–H and O–H groups in total. The number of likely N-dealkylation sites (N-methyl/N-ethyl adjacent to an activating group) is 1. The number of H-pyrrole nitrogens is 1. The van der Waals surface area contributed by atoms with E-state index in [0.717, 1.165) is 54.1 Å². The zero-order valence-electron chi connectivity index (χ0n) is 23.4. The quantitative estimate of drug-likeness (QED) is 0.451. The fourth-order valence-corrected chi connectivity index (χ4v) is 8.06. The van der Waals surface area contributed by atoms with E-state index in [4.69, 9.17) is 9.47 Å². The Morgan fingerprint density at radius 2 is 1.97 bits per heavy atom. The van der Waals surface area contributed by atoms with Gasteiger partial charge in [0.05, 0.1) is 12.8 Å². The van der Waals surface area contributed by atoms with Crippen LogP contribution in [-0.4, -0.2) is 53.5 Å². The lowest BCUT2D eigenvalue weighted by molar-refractivity contribution is -0.0256. The molecule has 39 heavy (non-hydrogen) atoms. The number of rotatable bonds is 5. The van der Waals surface area contributed by atoms with Crippen molar-refractivity contribution in [2.45, 2.75) is 70.2 Å². The number of carbonyl (C=O) groups excluding carboxylic acids is 1. The molecule has 2 aromatic carbocycles. The number of piperidine rings is 1. The molecule has 1 amide bonds. The average Bonchev–Trinajstić information content (AvgIpc) is 3.44. The van der Waals surface area contributed by atoms with Crippen LogP contribution in [0.1, 0.15) is 70.4 Å². The lowest BCUT2D eigenvalue weighted by Gasteiger charge is -2.57. The molecule has 4 aliphatic rings. The molecule has 3 aromatic rings. The first-order valence-electron chi connectivity index (χ1n) is 14.0. The Kier molecular flexibility index (Phi) is 6.27. The first-order chi connectivity index (χ1) is 18.3. The van der Waals surface area contributed by atoms with E-state index in [0.29, 0.717) is 24.2 Å². The summed E-state index contributed by atoms with van der Waals surface area (Å²) in [6.07, 6.45) is 2.93. The number of amides is 1. The molecular weight excluding hydrogens is 510 g/mol. The SMILES string of the molecule is COc1ccc2c3c1O[C@H]1c4[nH]c(C(=O)N(Cc5ccccc5)C(C)C)c(C)c4C[C@H]4[C@H](C2)N(C)CC[C@]314.Cl. The number of methoxy groups -OCH3 is 1. The molecule has 0 radical (unpaired) electrons. The van der Waals surface area contributed by atoms with Crippen LogP contribution in [0.15, 0.2) is 42.5 Å². The van der Waals surface area contributed by atoms with Crippen LogP contribution in [0.3, 0.4) is 0 Å². The minimum atomic E-state index is -0.125. The zero-order valence-corrected chi connectivity index (χ0v) is 24.2. The van der Waals surface area contributed by atoms with Gasteiger partial charge in [-0.2, -0.15) is 0 Å².